The average Bonchev–Trinajstić information content (AvgIpc) is 2.80. The average molecular weight is 335 g/mol. The van der Waals surface area contributed by atoms with Crippen molar-refractivity contribution < 1.29 is 9.53 Å². The number of nitriles is 1. The molecule has 0 aliphatic rings. The normalized spacial score (nSPS) is 10.1. The van der Waals surface area contributed by atoms with E-state index in [1.54, 1.807) is 25.1 Å². The molecule has 1 heterocycles. The van der Waals surface area contributed by atoms with Crippen LogP contribution in [0, 0.1) is 11.3 Å². The fourth-order valence-electron chi connectivity index (χ4n) is 1.67. The van der Waals surface area contributed by atoms with Crippen molar-refractivity contribution in [3.8, 4) is 11.8 Å². The molecular formula is C13H11BrN4O2. The van der Waals surface area contributed by atoms with Gasteiger partial charge in [0.25, 0.3) is 0 Å². The number of nitrogens with zero attached hydrogens (tertiary/aromatic N) is 3. The predicted octanol–water partition coefficient (Wildman–Crippen LogP) is 2.27. The summed E-state index contributed by atoms with van der Waals surface area (Å²) in [5, 5.41) is 13.2. The molecule has 2 N–H and O–H groups in total. The van der Waals surface area contributed by atoms with Gasteiger partial charge in [-0.15, -0.1) is 0 Å². The molecule has 2 aromatic rings. The molecule has 0 atom stereocenters. The van der Waals surface area contributed by atoms with Crippen LogP contribution in [0.1, 0.15) is 23.0 Å². The Labute approximate surface area is 123 Å². The molecular weight excluding hydrogens is 324 g/mol. The van der Waals surface area contributed by atoms with Crippen LogP contribution in [0.25, 0.3) is 5.69 Å². The van der Waals surface area contributed by atoms with Gasteiger partial charge in [0.2, 0.25) is 0 Å². The standard InChI is InChI=1S/C13H11BrN4O2/c1-2-20-13(19)12-10(16)7-18(17-12)11-4-3-9(14)5-8(11)6-15/h3-5,7H,2,16H2,1H3. The minimum Gasteiger partial charge on any atom is -0.461 e. The second-order valence-corrected chi connectivity index (χ2v) is 4.79. The summed E-state index contributed by atoms with van der Waals surface area (Å²) in [4.78, 5) is 11.7. The molecule has 7 heteroatoms. The Bertz CT molecular complexity index is 703. The van der Waals surface area contributed by atoms with Gasteiger partial charge >= 0.3 is 5.97 Å². The largest absolute Gasteiger partial charge is 0.461 e. The number of aromatic nitrogens is 2. The molecule has 20 heavy (non-hydrogen) atoms. The minimum absolute atomic E-state index is 0.0404. The maximum absolute atomic E-state index is 11.7. The van der Waals surface area contributed by atoms with Crippen molar-refractivity contribution in [2.45, 2.75) is 6.92 Å². The molecule has 0 radical (unpaired) electrons. The number of carbonyl (C=O) groups excluding carboxylic acids is 1. The number of nitrogens with two attached hydrogens (primary N) is 1. The van der Waals surface area contributed by atoms with Crippen molar-refractivity contribution in [3.05, 3.63) is 40.1 Å². The van der Waals surface area contributed by atoms with E-state index in [0.717, 1.165) is 4.47 Å². The number of benzene rings is 1. The zero-order valence-corrected chi connectivity index (χ0v) is 12.2. The molecule has 1 aromatic carbocycles. The number of halogens is 1. The van der Waals surface area contributed by atoms with Crippen LogP contribution in [0.2, 0.25) is 0 Å². The van der Waals surface area contributed by atoms with Gasteiger partial charge in [0, 0.05) is 4.47 Å². The van der Waals surface area contributed by atoms with Crippen molar-refractivity contribution in [1.82, 2.24) is 9.78 Å². The van der Waals surface area contributed by atoms with Crippen molar-refractivity contribution >= 4 is 27.6 Å². The monoisotopic (exact) mass is 334 g/mol. The second-order valence-electron chi connectivity index (χ2n) is 3.87. The van der Waals surface area contributed by atoms with Crippen LogP contribution < -0.4 is 5.73 Å². The smallest absolute Gasteiger partial charge is 0.361 e. The topological polar surface area (TPSA) is 93.9 Å². The molecule has 6 nitrogen and oxygen atoms in total. The molecule has 2 rings (SSSR count). The summed E-state index contributed by atoms with van der Waals surface area (Å²) >= 11 is 3.29. The molecule has 0 amide bonds. The summed E-state index contributed by atoms with van der Waals surface area (Å²) in [5.41, 5.74) is 6.95. The number of anilines is 1. The molecule has 0 bridgehead atoms. The van der Waals surface area contributed by atoms with Crippen LogP contribution in [-0.4, -0.2) is 22.4 Å². The molecule has 0 saturated heterocycles. The van der Waals surface area contributed by atoms with E-state index >= 15 is 0 Å². The van der Waals surface area contributed by atoms with Crippen molar-refractivity contribution in [2.75, 3.05) is 12.3 Å². The van der Waals surface area contributed by atoms with E-state index in [1.807, 2.05) is 0 Å². The summed E-state index contributed by atoms with van der Waals surface area (Å²) < 4.78 is 7.04. The summed E-state index contributed by atoms with van der Waals surface area (Å²) in [6.45, 7) is 1.94. The quantitative estimate of drug-likeness (QED) is 0.869. The van der Waals surface area contributed by atoms with Gasteiger partial charge in [0.15, 0.2) is 5.69 Å². The third-order valence-corrected chi connectivity index (χ3v) is 3.03. The van der Waals surface area contributed by atoms with Crippen LogP contribution in [0.4, 0.5) is 5.69 Å². The van der Waals surface area contributed by atoms with Gasteiger partial charge < -0.3 is 10.5 Å². The van der Waals surface area contributed by atoms with Gasteiger partial charge in [-0.05, 0) is 25.1 Å². The number of ether oxygens (including phenoxy) is 1. The summed E-state index contributed by atoms with van der Waals surface area (Å²) in [5.74, 6) is -0.584. The number of hydrogen-bond acceptors (Lipinski definition) is 5. The lowest BCUT2D eigenvalue weighted by molar-refractivity contribution is 0.0520. The van der Waals surface area contributed by atoms with Gasteiger partial charge in [-0.2, -0.15) is 10.4 Å². The van der Waals surface area contributed by atoms with E-state index in [2.05, 4.69) is 27.1 Å². The van der Waals surface area contributed by atoms with Crippen LogP contribution in [0.5, 0.6) is 0 Å². The Hall–Kier alpha value is -2.33. The lowest BCUT2D eigenvalue weighted by atomic mass is 10.2. The molecule has 1 aromatic heterocycles. The molecule has 0 fully saturated rings. The van der Waals surface area contributed by atoms with Crippen molar-refractivity contribution in [3.63, 3.8) is 0 Å². The maximum atomic E-state index is 11.7. The van der Waals surface area contributed by atoms with Gasteiger partial charge in [0.05, 0.1) is 29.7 Å². The highest BCUT2D eigenvalue weighted by Crippen LogP contribution is 2.21. The first-order valence-electron chi connectivity index (χ1n) is 5.79. The second kappa shape index (κ2) is 5.75. The first-order valence-corrected chi connectivity index (χ1v) is 6.58. The van der Waals surface area contributed by atoms with Crippen LogP contribution in [0.3, 0.4) is 0 Å². The van der Waals surface area contributed by atoms with E-state index in [4.69, 9.17) is 15.7 Å². The Morgan fingerprint density at radius 1 is 1.60 bits per heavy atom. The molecule has 0 aliphatic carbocycles. The fraction of sp³-hybridized carbons (Fsp3) is 0.154. The minimum atomic E-state index is -0.584. The summed E-state index contributed by atoms with van der Waals surface area (Å²) in [6, 6.07) is 7.22. The van der Waals surface area contributed by atoms with Crippen LogP contribution >= 0.6 is 15.9 Å². The molecule has 0 spiro atoms. The van der Waals surface area contributed by atoms with Crippen LogP contribution in [-0.2, 0) is 4.74 Å². The van der Waals surface area contributed by atoms with Gasteiger partial charge in [-0.3, -0.25) is 0 Å². The third kappa shape index (κ3) is 2.65. The molecule has 0 unspecified atom stereocenters. The van der Waals surface area contributed by atoms with E-state index in [-0.39, 0.29) is 18.0 Å². The first kappa shape index (κ1) is 14.1. The highest BCUT2D eigenvalue weighted by Gasteiger charge is 2.17. The Balaban J connectivity index is 2.48. The van der Waals surface area contributed by atoms with E-state index in [9.17, 15) is 4.79 Å². The number of nitrogen functional groups attached to an aromatic ring is 1. The number of hydrogen-bond donors (Lipinski definition) is 1. The van der Waals surface area contributed by atoms with Crippen molar-refractivity contribution in [2.24, 2.45) is 0 Å². The Morgan fingerprint density at radius 3 is 3.00 bits per heavy atom. The first-order chi connectivity index (χ1) is 9.56. The predicted molar refractivity (Wildman–Crippen MR) is 76.3 cm³/mol. The highest BCUT2D eigenvalue weighted by molar-refractivity contribution is 9.10. The summed E-state index contributed by atoms with van der Waals surface area (Å²) in [6.07, 6.45) is 1.48. The Kier molecular flexibility index (Phi) is 4.05. The van der Waals surface area contributed by atoms with Gasteiger partial charge in [0.1, 0.15) is 6.07 Å². The van der Waals surface area contributed by atoms with Gasteiger partial charge in [-0.1, -0.05) is 15.9 Å². The molecule has 0 saturated carbocycles. The molecule has 0 aliphatic heterocycles. The van der Waals surface area contributed by atoms with E-state index in [0.29, 0.717) is 11.3 Å². The van der Waals surface area contributed by atoms with Crippen LogP contribution in [0.15, 0.2) is 28.9 Å². The number of rotatable bonds is 3. The van der Waals surface area contributed by atoms with Gasteiger partial charge in [-0.25, -0.2) is 9.48 Å². The molecule has 102 valence electrons. The number of esters is 1. The fourth-order valence-corrected chi connectivity index (χ4v) is 2.03. The third-order valence-electron chi connectivity index (χ3n) is 2.54. The number of carbonyl (C=O) groups is 1. The Morgan fingerprint density at radius 2 is 2.35 bits per heavy atom. The SMILES string of the molecule is CCOC(=O)c1nn(-c2ccc(Br)cc2C#N)cc1N. The van der Waals surface area contributed by atoms with E-state index < -0.39 is 5.97 Å². The lowest BCUT2D eigenvalue weighted by Crippen LogP contribution is -2.08. The maximum Gasteiger partial charge on any atom is 0.361 e. The zero-order chi connectivity index (χ0) is 14.7. The van der Waals surface area contributed by atoms with Crippen molar-refractivity contribution in [1.29, 1.82) is 5.26 Å². The highest BCUT2D eigenvalue weighted by atomic mass is 79.9. The zero-order valence-electron chi connectivity index (χ0n) is 10.6. The summed E-state index contributed by atoms with van der Waals surface area (Å²) in [7, 11) is 0. The van der Waals surface area contributed by atoms with E-state index in [1.165, 1.54) is 10.9 Å². The lowest BCUT2D eigenvalue weighted by Gasteiger charge is -2.04.